The molecule has 1 amide bonds. The Kier molecular flexibility index (Phi) is 3.91. The number of hydrogen-bond acceptors (Lipinski definition) is 3. The number of rotatable bonds is 4. The summed E-state index contributed by atoms with van der Waals surface area (Å²) in [5.41, 5.74) is 1.09. The number of ether oxygens (including phenoxy) is 1. The second-order valence-corrected chi connectivity index (χ2v) is 6.04. The van der Waals surface area contributed by atoms with Crippen molar-refractivity contribution in [2.75, 3.05) is 13.1 Å². The molecule has 24 heavy (non-hydrogen) atoms. The highest BCUT2D eigenvalue weighted by atomic mass is 16.5. The second kappa shape index (κ2) is 6.35. The number of para-hydroxylation sites is 1. The first-order valence-corrected chi connectivity index (χ1v) is 8.19. The fourth-order valence-corrected chi connectivity index (χ4v) is 3.16. The van der Waals surface area contributed by atoms with E-state index in [1.807, 2.05) is 58.1 Å². The molecule has 0 saturated carbocycles. The summed E-state index contributed by atoms with van der Waals surface area (Å²) >= 11 is 0. The molecule has 0 spiro atoms. The van der Waals surface area contributed by atoms with E-state index in [0.717, 1.165) is 23.9 Å². The molecule has 5 heteroatoms. The zero-order valence-electron chi connectivity index (χ0n) is 13.3. The summed E-state index contributed by atoms with van der Waals surface area (Å²) in [6.07, 6.45) is 4.55. The molecule has 0 bridgehead atoms. The minimum Gasteiger partial charge on any atom is -0.472 e. The molecule has 1 atom stereocenters. The highest BCUT2D eigenvalue weighted by Crippen LogP contribution is 2.18. The minimum atomic E-state index is 0.0188. The fourth-order valence-electron chi connectivity index (χ4n) is 3.16. The first kappa shape index (κ1) is 14.8. The summed E-state index contributed by atoms with van der Waals surface area (Å²) in [5.74, 6) is 0.747. The molecule has 1 saturated heterocycles. The lowest BCUT2D eigenvalue weighted by atomic mass is 10.2. The van der Waals surface area contributed by atoms with E-state index in [2.05, 4.69) is 11.1 Å². The molecule has 1 fully saturated rings. The van der Waals surface area contributed by atoms with Crippen molar-refractivity contribution < 1.29 is 9.53 Å². The van der Waals surface area contributed by atoms with Crippen LogP contribution in [0.1, 0.15) is 6.42 Å². The quantitative estimate of drug-likeness (QED) is 0.742. The Bertz CT molecular complexity index is 844. The highest BCUT2D eigenvalue weighted by Gasteiger charge is 2.28. The van der Waals surface area contributed by atoms with E-state index < -0.39 is 0 Å². The minimum absolute atomic E-state index is 0.0188. The third kappa shape index (κ3) is 2.97. The smallest absolute Gasteiger partial charge is 0.242 e. The number of amides is 1. The standard InChI is InChI=1S/C19H19N3O2/c23-19(14-21-11-8-15-5-1-2-6-17(15)21)22-12-9-16(13-22)24-18-7-3-4-10-20-18/h1-8,10-11,16H,9,12-14H2. The third-order valence-electron chi connectivity index (χ3n) is 4.41. The van der Waals surface area contributed by atoms with Gasteiger partial charge in [0.2, 0.25) is 11.8 Å². The summed E-state index contributed by atoms with van der Waals surface area (Å²) in [6, 6.07) is 15.7. The van der Waals surface area contributed by atoms with Crippen LogP contribution in [-0.4, -0.2) is 39.6 Å². The number of benzene rings is 1. The van der Waals surface area contributed by atoms with Crippen LogP contribution >= 0.6 is 0 Å². The average molecular weight is 321 g/mol. The van der Waals surface area contributed by atoms with Crippen molar-refractivity contribution in [3.8, 4) is 5.88 Å². The lowest BCUT2D eigenvalue weighted by molar-refractivity contribution is -0.131. The molecule has 3 aromatic rings. The van der Waals surface area contributed by atoms with E-state index >= 15 is 0 Å². The average Bonchev–Trinajstić information content (AvgIpc) is 3.24. The normalized spacial score (nSPS) is 17.3. The Balaban J connectivity index is 1.39. The van der Waals surface area contributed by atoms with Crippen molar-refractivity contribution in [1.82, 2.24) is 14.5 Å². The molecule has 0 radical (unpaired) electrons. The Morgan fingerprint density at radius 3 is 2.92 bits per heavy atom. The van der Waals surface area contributed by atoms with Crippen LogP contribution in [0.25, 0.3) is 10.9 Å². The van der Waals surface area contributed by atoms with Crippen LogP contribution in [-0.2, 0) is 11.3 Å². The van der Waals surface area contributed by atoms with Gasteiger partial charge in [-0.1, -0.05) is 24.3 Å². The molecule has 4 rings (SSSR count). The van der Waals surface area contributed by atoms with Crippen LogP contribution in [0.5, 0.6) is 5.88 Å². The van der Waals surface area contributed by atoms with Crippen molar-refractivity contribution in [1.29, 1.82) is 0 Å². The molecular weight excluding hydrogens is 302 g/mol. The number of fused-ring (bicyclic) bond motifs is 1. The lowest BCUT2D eigenvalue weighted by Gasteiger charge is -2.17. The molecule has 1 aromatic carbocycles. The van der Waals surface area contributed by atoms with Gasteiger partial charge in [0.1, 0.15) is 12.6 Å². The summed E-state index contributed by atoms with van der Waals surface area (Å²) in [5, 5.41) is 1.16. The van der Waals surface area contributed by atoms with Gasteiger partial charge in [-0.2, -0.15) is 0 Å². The topological polar surface area (TPSA) is 47.4 Å². The molecule has 3 heterocycles. The molecule has 0 aliphatic carbocycles. The first-order chi connectivity index (χ1) is 11.8. The van der Waals surface area contributed by atoms with E-state index in [1.54, 1.807) is 6.20 Å². The number of carbonyl (C=O) groups is 1. The van der Waals surface area contributed by atoms with Gasteiger partial charge in [0.05, 0.1) is 6.54 Å². The molecule has 1 aliphatic heterocycles. The largest absolute Gasteiger partial charge is 0.472 e. The van der Waals surface area contributed by atoms with Crippen molar-refractivity contribution in [2.45, 2.75) is 19.1 Å². The predicted octanol–water partition coefficient (Wildman–Crippen LogP) is 2.72. The summed E-state index contributed by atoms with van der Waals surface area (Å²) < 4.78 is 7.85. The van der Waals surface area contributed by atoms with Gasteiger partial charge in [0.25, 0.3) is 0 Å². The maximum atomic E-state index is 12.6. The number of pyridine rings is 1. The summed E-state index contributed by atoms with van der Waals surface area (Å²) in [6.45, 7) is 1.72. The van der Waals surface area contributed by atoms with E-state index in [0.29, 0.717) is 19.0 Å². The number of likely N-dealkylation sites (tertiary alicyclic amines) is 1. The van der Waals surface area contributed by atoms with Gasteiger partial charge in [0.15, 0.2) is 0 Å². The maximum absolute atomic E-state index is 12.6. The summed E-state index contributed by atoms with van der Waals surface area (Å²) in [7, 11) is 0. The zero-order chi connectivity index (χ0) is 16.4. The van der Waals surface area contributed by atoms with Crippen LogP contribution in [0.3, 0.4) is 0 Å². The fraction of sp³-hybridized carbons (Fsp3) is 0.263. The molecule has 1 aliphatic rings. The van der Waals surface area contributed by atoms with Gasteiger partial charge in [-0.3, -0.25) is 4.79 Å². The molecule has 5 nitrogen and oxygen atoms in total. The van der Waals surface area contributed by atoms with E-state index in [1.165, 1.54) is 0 Å². The second-order valence-electron chi connectivity index (χ2n) is 6.04. The van der Waals surface area contributed by atoms with Gasteiger partial charge in [-0.05, 0) is 23.6 Å². The zero-order valence-corrected chi connectivity index (χ0v) is 13.3. The highest BCUT2D eigenvalue weighted by molar-refractivity contribution is 5.83. The van der Waals surface area contributed by atoms with Crippen LogP contribution in [0.2, 0.25) is 0 Å². The maximum Gasteiger partial charge on any atom is 0.242 e. The summed E-state index contributed by atoms with van der Waals surface area (Å²) in [4.78, 5) is 18.6. The lowest BCUT2D eigenvalue weighted by Crippen LogP contribution is -2.33. The Labute approximate surface area is 140 Å². The van der Waals surface area contributed by atoms with E-state index in [-0.39, 0.29) is 12.0 Å². The number of hydrogen-bond donors (Lipinski definition) is 0. The van der Waals surface area contributed by atoms with Gasteiger partial charge < -0.3 is 14.2 Å². The van der Waals surface area contributed by atoms with Crippen LogP contribution in [0.4, 0.5) is 0 Å². The molecule has 2 aromatic heterocycles. The van der Waals surface area contributed by atoms with Crippen LogP contribution < -0.4 is 4.74 Å². The third-order valence-corrected chi connectivity index (χ3v) is 4.41. The molecule has 122 valence electrons. The Hall–Kier alpha value is -2.82. The van der Waals surface area contributed by atoms with Gasteiger partial charge in [-0.15, -0.1) is 0 Å². The first-order valence-electron chi connectivity index (χ1n) is 8.19. The Morgan fingerprint density at radius 2 is 2.04 bits per heavy atom. The van der Waals surface area contributed by atoms with Gasteiger partial charge in [-0.25, -0.2) is 4.98 Å². The van der Waals surface area contributed by atoms with Gasteiger partial charge >= 0.3 is 0 Å². The molecular formula is C19H19N3O2. The number of carbonyl (C=O) groups excluding carboxylic acids is 1. The predicted molar refractivity (Wildman–Crippen MR) is 91.8 cm³/mol. The number of aromatic nitrogens is 2. The monoisotopic (exact) mass is 321 g/mol. The Morgan fingerprint density at radius 1 is 1.17 bits per heavy atom. The van der Waals surface area contributed by atoms with Gasteiger partial charge in [0, 0.05) is 36.9 Å². The van der Waals surface area contributed by atoms with Crippen LogP contribution in [0.15, 0.2) is 60.9 Å². The van der Waals surface area contributed by atoms with Crippen molar-refractivity contribution in [3.05, 3.63) is 60.9 Å². The molecule has 1 unspecified atom stereocenters. The number of nitrogens with zero attached hydrogens (tertiary/aromatic N) is 3. The van der Waals surface area contributed by atoms with Crippen molar-refractivity contribution in [3.63, 3.8) is 0 Å². The van der Waals surface area contributed by atoms with Crippen molar-refractivity contribution >= 4 is 16.8 Å². The SMILES string of the molecule is O=C(Cn1ccc2ccccc21)N1CCC(Oc2ccccn2)C1. The van der Waals surface area contributed by atoms with E-state index in [9.17, 15) is 4.79 Å². The van der Waals surface area contributed by atoms with E-state index in [4.69, 9.17) is 4.74 Å². The van der Waals surface area contributed by atoms with Crippen LogP contribution in [0, 0.1) is 0 Å². The molecule has 0 N–H and O–H groups in total. The van der Waals surface area contributed by atoms with Crippen molar-refractivity contribution in [2.24, 2.45) is 0 Å².